The van der Waals surface area contributed by atoms with Crippen molar-refractivity contribution in [3.63, 3.8) is 0 Å². The molecule has 0 aromatic heterocycles. The number of esters is 1. The summed E-state index contributed by atoms with van der Waals surface area (Å²) in [6.45, 7) is 3.02. The van der Waals surface area contributed by atoms with E-state index in [4.69, 9.17) is 19.4 Å². The van der Waals surface area contributed by atoms with Gasteiger partial charge in [0.1, 0.15) is 6.10 Å². The minimum atomic E-state index is -5.08. The van der Waals surface area contributed by atoms with Crippen LogP contribution in [0.2, 0.25) is 0 Å². The second-order valence-electron chi connectivity index (χ2n) is 4.41. The molecule has 2 saturated heterocycles. The Morgan fingerprint density at radius 3 is 2.05 bits per heavy atom. The van der Waals surface area contributed by atoms with Crippen molar-refractivity contribution in [2.24, 2.45) is 5.92 Å². The molecule has 6 nitrogen and oxygen atoms in total. The summed E-state index contributed by atoms with van der Waals surface area (Å²) in [6.07, 6.45) is -3.33. The van der Waals surface area contributed by atoms with E-state index < -0.39 is 12.1 Å². The number of rotatable bonds is 2. The van der Waals surface area contributed by atoms with Crippen LogP contribution >= 0.6 is 0 Å². The molecule has 0 bridgehead atoms. The van der Waals surface area contributed by atoms with E-state index in [1.54, 1.807) is 0 Å². The maximum Gasteiger partial charge on any atom is 0.490 e. The van der Waals surface area contributed by atoms with Crippen LogP contribution in [0.1, 0.15) is 12.8 Å². The van der Waals surface area contributed by atoms with Crippen LogP contribution in [0.3, 0.4) is 0 Å². The maximum atomic E-state index is 11.5. The van der Waals surface area contributed by atoms with Crippen molar-refractivity contribution in [3.8, 4) is 0 Å². The molecule has 20 heavy (non-hydrogen) atoms. The number of aliphatic carboxylic acids is 1. The van der Waals surface area contributed by atoms with Gasteiger partial charge >= 0.3 is 18.1 Å². The number of carboxylic acids is 1. The van der Waals surface area contributed by atoms with Gasteiger partial charge in [0.15, 0.2) is 0 Å². The molecule has 0 saturated carbocycles. The zero-order valence-corrected chi connectivity index (χ0v) is 10.6. The Morgan fingerprint density at radius 1 is 1.20 bits per heavy atom. The number of ether oxygens (including phenoxy) is 2. The minimum Gasteiger partial charge on any atom is -0.475 e. The lowest BCUT2D eigenvalue weighted by Crippen LogP contribution is -2.50. The van der Waals surface area contributed by atoms with Crippen molar-refractivity contribution in [3.05, 3.63) is 0 Å². The highest BCUT2D eigenvalue weighted by atomic mass is 19.4. The lowest BCUT2D eigenvalue weighted by molar-refractivity contribution is -0.192. The maximum absolute atomic E-state index is 11.5. The van der Waals surface area contributed by atoms with Crippen LogP contribution < -0.4 is 5.32 Å². The first-order chi connectivity index (χ1) is 9.30. The van der Waals surface area contributed by atoms with E-state index in [2.05, 4.69) is 5.32 Å². The molecule has 2 N–H and O–H groups in total. The summed E-state index contributed by atoms with van der Waals surface area (Å²) in [6, 6.07) is 0. The van der Waals surface area contributed by atoms with Crippen molar-refractivity contribution >= 4 is 11.9 Å². The predicted molar refractivity (Wildman–Crippen MR) is 60.0 cm³/mol. The Kier molecular flexibility index (Phi) is 6.21. The van der Waals surface area contributed by atoms with Gasteiger partial charge < -0.3 is 19.9 Å². The Balaban J connectivity index is 0.000000246. The van der Waals surface area contributed by atoms with Crippen LogP contribution in [-0.4, -0.2) is 55.6 Å². The van der Waals surface area contributed by atoms with Crippen LogP contribution in [-0.2, 0) is 19.1 Å². The van der Waals surface area contributed by atoms with E-state index in [9.17, 15) is 18.0 Å². The monoisotopic (exact) mass is 299 g/mol. The lowest BCUT2D eigenvalue weighted by Gasteiger charge is -2.29. The molecule has 2 rings (SSSR count). The Labute approximate surface area is 113 Å². The first-order valence-corrected chi connectivity index (χ1v) is 6.09. The molecule has 2 heterocycles. The number of carboxylic acid groups (broad SMARTS) is 1. The second kappa shape index (κ2) is 7.44. The molecule has 116 valence electrons. The zero-order valence-electron chi connectivity index (χ0n) is 10.6. The van der Waals surface area contributed by atoms with Gasteiger partial charge in [0.05, 0.1) is 5.92 Å². The normalized spacial score (nSPS) is 20.4. The molecule has 0 amide bonds. The number of carbonyl (C=O) groups is 2. The number of alkyl halides is 3. The molecule has 2 fully saturated rings. The van der Waals surface area contributed by atoms with Crippen molar-refractivity contribution in [2.75, 3.05) is 26.3 Å². The molecule has 2 aliphatic rings. The van der Waals surface area contributed by atoms with Crippen molar-refractivity contribution in [1.82, 2.24) is 5.32 Å². The van der Waals surface area contributed by atoms with Gasteiger partial charge in [0.2, 0.25) is 0 Å². The van der Waals surface area contributed by atoms with Crippen LogP contribution in [0.15, 0.2) is 0 Å². The summed E-state index contributed by atoms with van der Waals surface area (Å²) in [5.41, 5.74) is 0. The smallest absolute Gasteiger partial charge is 0.475 e. The number of carbonyl (C=O) groups excluding carboxylic acids is 1. The second-order valence-corrected chi connectivity index (χ2v) is 4.41. The molecule has 9 heteroatoms. The van der Waals surface area contributed by atoms with Crippen molar-refractivity contribution in [2.45, 2.75) is 25.1 Å². The topological polar surface area (TPSA) is 84.9 Å². The minimum absolute atomic E-state index is 0.0326. The quantitative estimate of drug-likeness (QED) is 0.725. The van der Waals surface area contributed by atoms with Gasteiger partial charge in [-0.2, -0.15) is 13.2 Å². The van der Waals surface area contributed by atoms with E-state index >= 15 is 0 Å². The van der Waals surface area contributed by atoms with Crippen molar-refractivity contribution in [1.29, 1.82) is 0 Å². The predicted octanol–water partition coefficient (Wildman–Crippen LogP) is 0.561. The van der Waals surface area contributed by atoms with Gasteiger partial charge in [0.25, 0.3) is 0 Å². The highest BCUT2D eigenvalue weighted by molar-refractivity contribution is 5.73. The van der Waals surface area contributed by atoms with E-state index in [0.29, 0.717) is 13.2 Å². The van der Waals surface area contributed by atoms with Gasteiger partial charge in [-0.1, -0.05) is 0 Å². The van der Waals surface area contributed by atoms with E-state index in [-0.39, 0.29) is 18.0 Å². The molecular weight excluding hydrogens is 283 g/mol. The average molecular weight is 299 g/mol. The van der Waals surface area contributed by atoms with Crippen LogP contribution in [0.4, 0.5) is 13.2 Å². The molecule has 0 aromatic carbocycles. The molecule has 2 aliphatic heterocycles. The SMILES string of the molecule is O=C(O)C(F)(F)F.O=C(OC1CNC1)C1CCOCC1. The summed E-state index contributed by atoms with van der Waals surface area (Å²) in [7, 11) is 0. The molecule has 0 unspecified atom stereocenters. The summed E-state index contributed by atoms with van der Waals surface area (Å²) < 4.78 is 42.2. The number of halogens is 3. The zero-order chi connectivity index (χ0) is 15.2. The van der Waals surface area contributed by atoms with Crippen LogP contribution in [0.25, 0.3) is 0 Å². The standard InChI is InChI=1S/C9H15NO3.C2HF3O2/c11-9(13-8-5-10-6-8)7-1-3-12-4-2-7;3-2(4,5)1(6)7/h7-8,10H,1-6H2;(H,6,7). The number of hydrogen-bond acceptors (Lipinski definition) is 5. The van der Waals surface area contributed by atoms with Gasteiger partial charge in [-0.05, 0) is 12.8 Å². The van der Waals surface area contributed by atoms with Gasteiger partial charge in [0, 0.05) is 26.3 Å². The van der Waals surface area contributed by atoms with Gasteiger partial charge in [-0.3, -0.25) is 4.79 Å². The number of hydrogen-bond donors (Lipinski definition) is 2. The third kappa shape index (κ3) is 5.74. The highest BCUT2D eigenvalue weighted by Crippen LogP contribution is 2.17. The largest absolute Gasteiger partial charge is 0.490 e. The third-order valence-electron chi connectivity index (χ3n) is 2.82. The fourth-order valence-corrected chi connectivity index (χ4v) is 1.54. The van der Waals surface area contributed by atoms with Crippen LogP contribution in [0.5, 0.6) is 0 Å². The third-order valence-corrected chi connectivity index (χ3v) is 2.82. The lowest BCUT2D eigenvalue weighted by atomic mass is 10.0. The van der Waals surface area contributed by atoms with E-state index in [1.807, 2.05) is 0 Å². The molecule has 0 spiro atoms. The highest BCUT2D eigenvalue weighted by Gasteiger charge is 2.38. The number of nitrogens with one attached hydrogen (secondary N) is 1. The summed E-state index contributed by atoms with van der Waals surface area (Å²) in [5.74, 6) is -2.71. The molecular formula is C11H16F3NO5. The first-order valence-electron chi connectivity index (χ1n) is 6.09. The molecule has 0 atom stereocenters. The van der Waals surface area contributed by atoms with Gasteiger partial charge in [-0.15, -0.1) is 0 Å². The summed E-state index contributed by atoms with van der Waals surface area (Å²) in [4.78, 5) is 20.4. The van der Waals surface area contributed by atoms with Crippen LogP contribution in [0, 0.1) is 5.92 Å². The van der Waals surface area contributed by atoms with E-state index in [1.165, 1.54) is 0 Å². The Morgan fingerprint density at radius 2 is 1.70 bits per heavy atom. The fourth-order valence-electron chi connectivity index (χ4n) is 1.54. The first kappa shape index (κ1) is 16.7. The van der Waals surface area contributed by atoms with Gasteiger partial charge in [-0.25, -0.2) is 4.79 Å². The van der Waals surface area contributed by atoms with Crippen molar-refractivity contribution < 1.29 is 37.3 Å². The molecule has 0 aliphatic carbocycles. The Bertz CT molecular complexity index is 337. The summed E-state index contributed by atoms with van der Waals surface area (Å²) >= 11 is 0. The van der Waals surface area contributed by atoms with E-state index in [0.717, 1.165) is 25.9 Å². The molecule has 0 aromatic rings. The average Bonchev–Trinajstić information content (AvgIpc) is 2.34. The molecule has 0 radical (unpaired) electrons. The Hall–Kier alpha value is -1.35. The fraction of sp³-hybridized carbons (Fsp3) is 0.818. The summed E-state index contributed by atoms with van der Waals surface area (Å²) in [5, 5.41) is 10.2.